The molecule has 5 unspecified atom stereocenters. The van der Waals surface area contributed by atoms with Crippen molar-refractivity contribution in [2.45, 2.75) is 174 Å². The molecule has 3 rings (SSSR count). The zero-order chi connectivity index (χ0) is 43.0. The minimum absolute atomic E-state index is 0.00462. The van der Waals surface area contributed by atoms with Crippen molar-refractivity contribution in [3.05, 3.63) is 0 Å². The van der Waals surface area contributed by atoms with Gasteiger partial charge in [0.2, 0.25) is 0 Å². The van der Waals surface area contributed by atoms with Crippen molar-refractivity contribution in [1.82, 2.24) is 4.90 Å². The second-order valence-corrected chi connectivity index (χ2v) is 23.7. The van der Waals surface area contributed by atoms with Crippen molar-refractivity contribution in [2.24, 2.45) is 51.9 Å². The van der Waals surface area contributed by atoms with E-state index in [1.165, 1.54) is 0 Å². The van der Waals surface area contributed by atoms with Crippen molar-refractivity contribution in [3.63, 3.8) is 0 Å². The van der Waals surface area contributed by atoms with Crippen molar-refractivity contribution >= 4 is 40.6 Å². The number of methoxy groups -OCH3 is 1. The van der Waals surface area contributed by atoms with Crippen molar-refractivity contribution in [1.29, 1.82) is 0 Å². The van der Waals surface area contributed by atoms with Gasteiger partial charge in [0.1, 0.15) is 17.8 Å². The summed E-state index contributed by atoms with van der Waals surface area (Å²) < 4.78 is 31.7. The average Bonchev–Trinajstić information content (AvgIpc) is 3.45. The summed E-state index contributed by atoms with van der Waals surface area (Å²) in [5.41, 5.74) is 10.1. The highest BCUT2D eigenvalue weighted by molar-refractivity contribution is 7.35. The smallest absolute Gasteiger partial charge is 0.317 e. The highest BCUT2D eigenvalue weighted by atomic mass is 31.1. The molecule has 3 aliphatic rings. The van der Waals surface area contributed by atoms with Crippen LogP contribution in [0.5, 0.6) is 0 Å². The fraction of sp³-hybridized carbons (Fsp3) is 0.902. The monoisotopic (exact) mass is 845 g/mol. The maximum atomic E-state index is 14.7. The van der Waals surface area contributed by atoms with Gasteiger partial charge in [0.25, 0.3) is 0 Å². The van der Waals surface area contributed by atoms with Crippen LogP contribution in [-0.4, -0.2) is 110 Å². The number of esters is 2. The molecular formula is C41H77N4O10PSi. The number of oxime groups is 1. The van der Waals surface area contributed by atoms with Gasteiger partial charge in [-0.05, 0) is 92.2 Å². The largest absolute Gasteiger partial charge is 0.458 e. The Bertz CT molecular complexity index is 1380. The molecule has 0 radical (unpaired) electrons. The maximum Gasteiger partial charge on any atom is 0.317 e. The van der Waals surface area contributed by atoms with E-state index < -0.39 is 79.3 Å². The van der Waals surface area contributed by atoms with E-state index in [0.29, 0.717) is 32.1 Å². The number of nitrogens with zero attached hydrogens (tertiary/aromatic N) is 2. The number of ether oxygens (including phenoxy) is 5. The Labute approximate surface area is 345 Å². The standard InChI is InChI=1S/C41H77N4O10PSi/c1-14-32-40(11)35(34(39(48)54-40)37(42)44-55-30(10)56-43)29(9)36(46)26(6)21-41(50-13,20-24(4)17-25(5)38(47)53-32)23-51-33-19-31(18-27(7)52-33)45(12)22-28(8)57(49,15-2)16-3/h24-35,49,56H,14-23,43H2,1-13H3,(H2,42,44)/t24-,25+,26+,27+,28?,29+,30?,31-,32?,33?,34+,35-,40-,41-/m0/s1. The normalized spacial score (nSPS) is 37.8. The fourth-order valence-corrected chi connectivity index (χ4v) is 12.5. The third-order valence-electron chi connectivity index (χ3n) is 13.5. The zero-order valence-corrected chi connectivity index (χ0v) is 39.2. The number of fused-ring (bicyclic) bond motifs is 1. The molecule has 3 fully saturated rings. The number of hydrogen-bond donors (Lipinski definition) is 3. The fourth-order valence-electron chi connectivity index (χ4n) is 9.90. The van der Waals surface area contributed by atoms with Gasteiger partial charge in [0, 0.05) is 43.9 Å². The first-order chi connectivity index (χ1) is 26.6. The van der Waals surface area contributed by atoms with E-state index in [-0.39, 0.29) is 50.6 Å². The van der Waals surface area contributed by atoms with Crippen LogP contribution in [-0.2, 0) is 42.9 Å². The van der Waals surface area contributed by atoms with E-state index in [1.54, 1.807) is 27.9 Å². The van der Waals surface area contributed by atoms with Crippen LogP contribution in [0, 0.1) is 35.5 Å². The molecule has 14 nitrogen and oxygen atoms in total. The van der Waals surface area contributed by atoms with Crippen LogP contribution in [0.15, 0.2) is 5.16 Å². The van der Waals surface area contributed by atoms with E-state index in [1.807, 2.05) is 20.8 Å². The van der Waals surface area contributed by atoms with Gasteiger partial charge in [-0.3, -0.25) is 14.4 Å². The molecule has 0 aromatic rings. The number of ketones is 1. The van der Waals surface area contributed by atoms with Gasteiger partial charge < -0.3 is 49.5 Å². The lowest BCUT2D eigenvalue weighted by atomic mass is 9.67. The van der Waals surface area contributed by atoms with Gasteiger partial charge >= 0.3 is 11.9 Å². The first-order valence-electron chi connectivity index (χ1n) is 21.3. The second kappa shape index (κ2) is 21.2. The summed E-state index contributed by atoms with van der Waals surface area (Å²) in [6.07, 6.45) is 1.83. The van der Waals surface area contributed by atoms with Gasteiger partial charge in [-0.1, -0.05) is 60.5 Å². The number of carbonyl (C=O) groups excluding carboxylic acids is 3. The predicted octanol–water partition coefficient (Wildman–Crippen LogP) is 5.94. The zero-order valence-electron chi connectivity index (χ0n) is 37.2. The molecular weight excluding hydrogens is 768 g/mol. The molecule has 0 bridgehead atoms. The topological polar surface area (TPSA) is 194 Å². The van der Waals surface area contributed by atoms with Gasteiger partial charge in [0.05, 0.1) is 24.2 Å². The second-order valence-electron chi connectivity index (χ2n) is 18.0. The Balaban J connectivity index is 1.97. The third kappa shape index (κ3) is 12.0. The number of carbonyl (C=O) groups is 3. The molecule has 3 aliphatic heterocycles. The van der Waals surface area contributed by atoms with Crippen molar-refractivity contribution < 1.29 is 47.7 Å². The molecule has 3 heterocycles. The average molecular weight is 845 g/mol. The van der Waals surface area contributed by atoms with Crippen LogP contribution in [0.3, 0.4) is 0 Å². The number of cyclic esters (lactones) is 1. The summed E-state index contributed by atoms with van der Waals surface area (Å²) in [5.74, 6) is -5.45. The van der Waals surface area contributed by atoms with Gasteiger partial charge in [0.15, 0.2) is 31.9 Å². The molecule has 0 aromatic carbocycles. The van der Waals surface area contributed by atoms with E-state index in [2.05, 4.69) is 51.7 Å². The number of nitrogens with two attached hydrogens (primary N) is 2. The first kappa shape index (κ1) is 49.6. The molecule has 330 valence electrons. The summed E-state index contributed by atoms with van der Waals surface area (Å²) >= 11 is 0. The lowest BCUT2D eigenvalue weighted by molar-refractivity contribution is -0.229. The summed E-state index contributed by atoms with van der Waals surface area (Å²) in [6.45, 7) is 22.3. The van der Waals surface area contributed by atoms with Gasteiger partial charge in [-0.25, -0.2) is 0 Å². The summed E-state index contributed by atoms with van der Waals surface area (Å²) in [7, 11) is 1.37. The van der Waals surface area contributed by atoms with Crippen LogP contribution in [0.1, 0.15) is 115 Å². The summed E-state index contributed by atoms with van der Waals surface area (Å²) in [4.78, 5) is 61.4. The van der Waals surface area contributed by atoms with Gasteiger partial charge in [-0.15, -0.1) is 0 Å². The van der Waals surface area contributed by atoms with Crippen molar-refractivity contribution in [3.8, 4) is 0 Å². The Morgan fingerprint density at radius 2 is 1.68 bits per heavy atom. The highest BCUT2D eigenvalue weighted by Gasteiger charge is 2.62. The molecule has 16 heteroatoms. The molecule has 5 N–H and O–H groups in total. The van der Waals surface area contributed by atoms with E-state index in [4.69, 9.17) is 39.8 Å². The molecule has 0 amide bonds. The summed E-state index contributed by atoms with van der Waals surface area (Å²) in [5, 5.41) is 4.07. The van der Waals surface area contributed by atoms with Gasteiger partial charge in [-0.2, -0.15) is 0 Å². The summed E-state index contributed by atoms with van der Waals surface area (Å²) in [6, 6.07) is 1.88. The quantitative estimate of drug-likeness (QED) is 0.0439. The SMILES string of the molecule is CCC1OC(=O)[C@H](C)C[C@H](C)C[C@](COC2C[C@@H](N(C)CC(C)[Si](O)(CC)CC)C[C@@H](C)O2)(OC)C[C@@H](C)C(=O)[C@H](C)[C@H]2[C@H](/C(N)=N/OC(C)PN)C(=O)O[C@@]12C. The van der Waals surface area contributed by atoms with Crippen molar-refractivity contribution in [2.75, 3.05) is 27.3 Å². The highest BCUT2D eigenvalue weighted by Crippen LogP contribution is 2.48. The number of hydrogen-bond acceptors (Lipinski definition) is 13. The predicted molar refractivity (Wildman–Crippen MR) is 226 cm³/mol. The van der Waals surface area contributed by atoms with Crippen LogP contribution in [0.4, 0.5) is 0 Å². The Hall–Kier alpha value is -1.71. The lowest BCUT2D eigenvalue weighted by Crippen LogP contribution is -2.53. The Kier molecular flexibility index (Phi) is 18.5. The maximum absolute atomic E-state index is 14.7. The third-order valence-corrected chi connectivity index (χ3v) is 18.5. The Morgan fingerprint density at radius 1 is 1.04 bits per heavy atom. The molecule has 0 saturated carbocycles. The minimum atomic E-state index is -2.34. The molecule has 3 saturated heterocycles. The van der Waals surface area contributed by atoms with E-state index in [9.17, 15) is 19.2 Å². The number of Topliss-reactive ketones (excluding diaryl/α,β-unsaturated/α-hetero) is 1. The lowest BCUT2D eigenvalue weighted by Gasteiger charge is -2.43. The van der Waals surface area contributed by atoms with Crippen LogP contribution < -0.4 is 11.2 Å². The number of amidine groups is 1. The number of rotatable bonds is 15. The molecule has 0 spiro atoms. The first-order valence-corrected chi connectivity index (χ1v) is 24.9. The van der Waals surface area contributed by atoms with Crippen LogP contribution in [0.25, 0.3) is 0 Å². The van der Waals surface area contributed by atoms with Crippen LogP contribution >= 0.6 is 8.73 Å². The minimum Gasteiger partial charge on any atom is -0.458 e. The van der Waals surface area contributed by atoms with Crippen LogP contribution in [0.2, 0.25) is 17.6 Å². The molecule has 0 aromatic heterocycles. The molecule has 57 heavy (non-hydrogen) atoms. The van der Waals surface area contributed by atoms with E-state index in [0.717, 1.165) is 25.1 Å². The van der Waals surface area contributed by atoms with E-state index >= 15 is 0 Å². The molecule has 15 atom stereocenters. The molecule has 0 aliphatic carbocycles. The Morgan fingerprint density at radius 3 is 2.26 bits per heavy atom.